The molecule has 0 bridgehead atoms. The van der Waals surface area contributed by atoms with Gasteiger partial charge in [0, 0.05) is 17.5 Å². The molecule has 2 aromatic rings. The van der Waals surface area contributed by atoms with E-state index >= 15 is 0 Å². The predicted molar refractivity (Wildman–Crippen MR) is 83.8 cm³/mol. The average molecular weight is 337 g/mol. The van der Waals surface area contributed by atoms with Crippen LogP contribution in [0.4, 0.5) is 0 Å². The van der Waals surface area contributed by atoms with Crippen molar-refractivity contribution in [3.63, 3.8) is 0 Å². The molecule has 7 heteroatoms. The van der Waals surface area contributed by atoms with Crippen molar-refractivity contribution in [1.29, 1.82) is 0 Å². The summed E-state index contributed by atoms with van der Waals surface area (Å²) >= 11 is 5.94. The Balaban J connectivity index is 1.71. The smallest absolute Gasteiger partial charge is 0.306 e. The van der Waals surface area contributed by atoms with Crippen LogP contribution < -0.4 is 0 Å². The SMILES string of the molecule is COC(=O)CCC(=O)N(Cc1nc2cc(Cl)ccc2o1)C1CC1. The standard InChI is InChI=1S/C16H17ClN2O4/c1-22-16(21)7-6-15(20)19(11-3-4-11)9-14-18-12-8-10(17)2-5-13(12)23-14/h2,5,8,11H,3-4,6-7,9H2,1H3. The summed E-state index contributed by atoms with van der Waals surface area (Å²) in [6, 6.07) is 5.43. The van der Waals surface area contributed by atoms with Gasteiger partial charge in [0.1, 0.15) is 5.52 Å². The van der Waals surface area contributed by atoms with Crippen molar-refractivity contribution in [1.82, 2.24) is 9.88 Å². The second-order valence-corrected chi connectivity index (χ2v) is 5.99. The zero-order valence-corrected chi connectivity index (χ0v) is 13.5. The van der Waals surface area contributed by atoms with Gasteiger partial charge in [0.25, 0.3) is 0 Å². The summed E-state index contributed by atoms with van der Waals surface area (Å²) in [5, 5.41) is 0.588. The monoisotopic (exact) mass is 336 g/mol. The zero-order chi connectivity index (χ0) is 16.4. The molecule has 1 aromatic heterocycles. The van der Waals surface area contributed by atoms with Crippen LogP contribution in [0, 0.1) is 0 Å². The topological polar surface area (TPSA) is 72.6 Å². The first-order valence-corrected chi connectivity index (χ1v) is 7.86. The van der Waals surface area contributed by atoms with Gasteiger partial charge in [-0.2, -0.15) is 0 Å². The summed E-state index contributed by atoms with van der Waals surface area (Å²) in [6.45, 7) is 0.303. The molecule has 6 nitrogen and oxygen atoms in total. The number of nitrogens with zero attached hydrogens (tertiary/aromatic N) is 2. The van der Waals surface area contributed by atoms with E-state index in [-0.39, 0.29) is 30.8 Å². The first-order chi connectivity index (χ1) is 11.1. The van der Waals surface area contributed by atoms with Crippen LogP contribution in [0.15, 0.2) is 22.6 Å². The van der Waals surface area contributed by atoms with Gasteiger partial charge in [-0.3, -0.25) is 9.59 Å². The summed E-state index contributed by atoms with van der Waals surface area (Å²) in [7, 11) is 1.31. The highest BCUT2D eigenvalue weighted by atomic mass is 35.5. The number of benzene rings is 1. The zero-order valence-electron chi connectivity index (χ0n) is 12.8. The molecule has 1 fully saturated rings. The molecule has 0 unspecified atom stereocenters. The molecule has 0 spiro atoms. The van der Waals surface area contributed by atoms with Crippen LogP contribution in [0.2, 0.25) is 5.02 Å². The van der Waals surface area contributed by atoms with E-state index in [2.05, 4.69) is 9.72 Å². The molecule has 1 amide bonds. The van der Waals surface area contributed by atoms with Crippen LogP contribution in [0.1, 0.15) is 31.6 Å². The van der Waals surface area contributed by atoms with Gasteiger partial charge in [0.15, 0.2) is 5.58 Å². The molecule has 1 heterocycles. The van der Waals surface area contributed by atoms with Crippen molar-refractivity contribution in [2.24, 2.45) is 0 Å². The maximum atomic E-state index is 12.3. The van der Waals surface area contributed by atoms with Crippen LogP contribution >= 0.6 is 11.6 Å². The van der Waals surface area contributed by atoms with E-state index in [1.807, 2.05) is 0 Å². The van der Waals surface area contributed by atoms with Crippen molar-refractivity contribution >= 4 is 34.6 Å². The van der Waals surface area contributed by atoms with Crippen molar-refractivity contribution < 1.29 is 18.7 Å². The quantitative estimate of drug-likeness (QED) is 0.758. The van der Waals surface area contributed by atoms with Gasteiger partial charge in [-0.25, -0.2) is 4.98 Å². The Kier molecular flexibility index (Phi) is 4.52. The Labute approximate surface area is 138 Å². The number of aromatic nitrogens is 1. The fourth-order valence-corrected chi connectivity index (χ4v) is 2.59. The molecule has 0 saturated heterocycles. The van der Waals surface area contributed by atoms with Crippen molar-refractivity contribution in [3.8, 4) is 0 Å². The number of carbonyl (C=O) groups is 2. The number of hydrogen-bond acceptors (Lipinski definition) is 5. The Hall–Kier alpha value is -2.08. The fraction of sp³-hybridized carbons (Fsp3) is 0.438. The van der Waals surface area contributed by atoms with Crippen LogP contribution in [0.5, 0.6) is 0 Å². The lowest BCUT2D eigenvalue weighted by molar-refractivity contribution is -0.144. The predicted octanol–water partition coefficient (Wildman–Crippen LogP) is 2.93. The number of hydrogen-bond donors (Lipinski definition) is 0. The molecule has 0 aliphatic heterocycles. The highest BCUT2D eigenvalue weighted by Crippen LogP contribution is 2.30. The summed E-state index contributed by atoms with van der Waals surface area (Å²) < 4.78 is 10.2. The number of esters is 1. The normalized spacial score (nSPS) is 14.0. The number of halogens is 1. The van der Waals surface area contributed by atoms with Gasteiger partial charge in [0.2, 0.25) is 11.8 Å². The summed E-state index contributed by atoms with van der Waals surface area (Å²) in [6.07, 6.45) is 2.16. The Bertz CT molecular complexity index is 739. The first-order valence-electron chi connectivity index (χ1n) is 7.48. The number of ether oxygens (including phenoxy) is 1. The first kappa shape index (κ1) is 15.8. The molecular formula is C16H17ClN2O4. The van der Waals surface area contributed by atoms with E-state index < -0.39 is 0 Å². The third-order valence-electron chi connectivity index (χ3n) is 3.78. The number of oxazole rings is 1. The maximum absolute atomic E-state index is 12.3. The fourth-order valence-electron chi connectivity index (χ4n) is 2.42. The highest BCUT2D eigenvalue weighted by Gasteiger charge is 2.33. The molecule has 1 aliphatic rings. The number of methoxy groups -OCH3 is 1. The largest absolute Gasteiger partial charge is 0.469 e. The molecule has 1 saturated carbocycles. The van der Waals surface area contributed by atoms with Gasteiger partial charge in [-0.05, 0) is 31.0 Å². The van der Waals surface area contributed by atoms with E-state index in [0.717, 1.165) is 12.8 Å². The van der Waals surface area contributed by atoms with E-state index in [9.17, 15) is 9.59 Å². The van der Waals surface area contributed by atoms with E-state index in [4.69, 9.17) is 16.0 Å². The second kappa shape index (κ2) is 6.58. The van der Waals surface area contributed by atoms with E-state index in [1.165, 1.54) is 7.11 Å². The minimum absolute atomic E-state index is 0.0850. The number of fused-ring (bicyclic) bond motifs is 1. The van der Waals surface area contributed by atoms with Crippen LogP contribution in [-0.4, -0.2) is 34.9 Å². The van der Waals surface area contributed by atoms with Gasteiger partial charge >= 0.3 is 5.97 Å². The highest BCUT2D eigenvalue weighted by molar-refractivity contribution is 6.31. The lowest BCUT2D eigenvalue weighted by Gasteiger charge is -2.20. The minimum atomic E-state index is -0.384. The number of rotatable bonds is 6. The van der Waals surface area contributed by atoms with Crippen molar-refractivity contribution in [2.75, 3.05) is 7.11 Å². The van der Waals surface area contributed by atoms with Gasteiger partial charge < -0.3 is 14.1 Å². The Morgan fingerprint density at radius 1 is 1.39 bits per heavy atom. The van der Waals surface area contributed by atoms with Gasteiger partial charge in [-0.15, -0.1) is 0 Å². The van der Waals surface area contributed by atoms with Gasteiger partial charge in [-0.1, -0.05) is 11.6 Å². The summed E-state index contributed by atoms with van der Waals surface area (Å²) in [5.74, 6) is 0.00405. The van der Waals surface area contributed by atoms with Crippen LogP contribution in [0.3, 0.4) is 0 Å². The molecule has 0 atom stereocenters. The van der Waals surface area contributed by atoms with E-state index in [0.29, 0.717) is 28.6 Å². The van der Waals surface area contributed by atoms with Crippen LogP contribution in [-0.2, 0) is 20.9 Å². The average Bonchev–Trinajstić information content (AvgIpc) is 3.30. The lowest BCUT2D eigenvalue weighted by Crippen LogP contribution is -2.33. The molecule has 1 aromatic carbocycles. The maximum Gasteiger partial charge on any atom is 0.306 e. The summed E-state index contributed by atoms with van der Waals surface area (Å²) in [4.78, 5) is 29.7. The van der Waals surface area contributed by atoms with E-state index in [1.54, 1.807) is 23.1 Å². The third kappa shape index (κ3) is 3.82. The molecule has 23 heavy (non-hydrogen) atoms. The molecule has 3 rings (SSSR count). The Morgan fingerprint density at radius 3 is 2.87 bits per heavy atom. The number of carbonyl (C=O) groups excluding carboxylic acids is 2. The van der Waals surface area contributed by atoms with Crippen molar-refractivity contribution in [2.45, 2.75) is 38.3 Å². The van der Waals surface area contributed by atoms with Crippen molar-refractivity contribution in [3.05, 3.63) is 29.1 Å². The third-order valence-corrected chi connectivity index (χ3v) is 4.01. The molecule has 122 valence electrons. The van der Waals surface area contributed by atoms with Gasteiger partial charge in [0.05, 0.1) is 20.1 Å². The Morgan fingerprint density at radius 2 is 2.17 bits per heavy atom. The second-order valence-electron chi connectivity index (χ2n) is 5.55. The molecular weight excluding hydrogens is 320 g/mol. The molecule has 0 N–H and O–H groups in total. The lowest BCUT2D eigenvalue weighted by atomic mass is 10.2. The summed E-state index contributed by atoms with van der Waals surface area (Å²) in [5.41, 5.74) is 1.31. The molecule has 1 aliphatic carbocycles. The minimum Gasteiger partial charge on any atom is -0.469 e. The number of amides is 1. The van der Waals surface area contributed by atoms with Crippen LogP contribution in [0.25, 0.3) is 11.1 Å². The molecule has 0 radical (unpaired) electrons.